The van der Waals surface area contributed by atoms with Crippen molar-refractivity contribution in [2.75, 3.05) is 31.6 Å². The summed E-state index contributed by atoms with van der Waals surface area (Å²) < 4.78 is 39.9. The van der Waals surface area contributed by atoms with Gasteiger partial charge in [-0.2, -0.15) is 0 Å². The average Bonchev–Trinajstić information content (AvgIpc) is 2.99. The summed E-state index contributed by atoms with van der Waals surface area (Å²) in [7, 11) is -1.25. The summed E-state index contributed by atoms with van der Waals surface area (Å²) in [4.78, 5) is 28.7. The van der Waals surface area contributed by atoms with Gasteiger partial charge >= 0.3 is 0 Å². The number of nitrogens with zero attached hydrogens (tertiary/aromatic N) is 2. The van der Waals surface area contributed by atoms with Gasteiger partial charge in [0, 0.05) is 18.7 Å². The molecule has 0 aliphatic rings. The molecule has 0 unspecified atom stereocenters. The molecule has 0 spiro atoms. The lowest BCUT2D eigenvalue weighted by Gasteiger charge is -2.32. The van der Waals surface area contributed by atoms with Crippen molar-refractivity contribution >= 4 is 27.5 Å². The third kappa shape index (κ3) is 8.03. The normalized spacial score (nSPS) is 12.6. The number of aryl methyl sites for hydroxylation is 1. The summed E-state index contributed by atoms with van der Waals surface area (Å²) in [5, 5.41) is 2.94. The topological polar surface area (TPSA) is 105 Å². The largest absolute Gasteiger partial charge is 0.493 e. The fraction of sp³-hybridized carbons (Fsp3) is 0.375. The molecule has 10 heteroatoms. The minimum Gasteiger partial charge on any atom is -0.493 e. The monoisotopic (exact) mass is 595 g/mol. The summed E-state index contributed by atoms with van der Waals surface area (Å²) >= 11 is 0. The highest BCUT2D eigenvalue weighted by Gasteiger charge is 2.33. The van der Waals surface area contributed by atoms with Crippen molar-refractivity contribution < 1.29 is 27.5 Å². The van der Waals surface area contributed by atoms with E-state index >= 15 is 0 Å². The quantitative estimate of drug-likeness (QED) is 0.293. The summed E-state index contributed by atoms with van der Waals surface area (Å²) in [6.07, 6.45) is 1.23. The molecule has 42 heavy (non-hydrogen) atoms. The van der Waals surface area contributed by atoms with E-state index in [0.717, 1.165) is 21.9 Å². The summed E-state index contributed by atoms with van der Waals surface area (Å²) in [6, 6.07) is 19.8. The van der Waals surface area contributed by atoms with Crippen LogP contribution in [0.5, 0.6) is 11.5 Å². The van der Waals surface area contributed by atoms with Crippen molar-refractivity contribution in [2.24, 2.45) is 0 Å². The van der Waals surface area contributed by atoms with E-state index in [1.54, 1.807) is 31.2 Å². The van der Waals surface area contributed by atoms with Crippen molar-refractivity contribution in [3.05, 3.63) is 83.9 Å². The van der Waals surface area contributed by atoms with E-state index in [0.29, 0.717) is 17.9 Å². The zero-order chi connectivity index (χ0) is 30.9. The molecule has 226 valence electrons. The number of nitrogens with one attached hydrogen (secondary N) is 1. The first-order chi connectivity index (χ1) is 20.0. The Morgan fingerprint density at radius 2 is 1.55 bits per heavy atom. The number of sulfonamides is 1. The van der Waals surface area contributed by atoms with Crippen molar-refractivity contribution in [2.45, 2.75) is 57.5 Å². The van der Waals surface area contributed by atoms with Gasteiger partial charge in [0.25, 0.3) is 10.0 Å². The predicted molar refractivity (Wildman–Crippen MR) is 164 cm³/mol. The van der Waals surface area contributed by atoms with Crippen molar-refractivity contribution in [1.29, 1.82) is 0 Å². The molecule has 0 aliphatic heterocycles. The van der Waals surface area contributed by atoms with Crippen LogP contribution in [0.25, 0.3) is 0 Å². The summed E-state index contributed by atoms with van der Waals surface area (Å²) in [6.45, 7) is 7.08. The summed E-state index contributed by atoms with van der Waals surface area (Å²) in [5.41, 5.74) is 2.12. The molecule has 0 bridgehead atoms. The second-order valence-corrected chi connectivity index (χ2v) is 12.0. The highest BCUT2D eigenvalue weighted by molar-refractivity contribution is 7.92. The second-order valence-electron chi connectivity index (χ2n) is 10.2. The Labute approximate surface area is 249 Å². The molecule has 0 fully saturated rings. The van der Waals surface area contributed by atoms with Crippen LogP contribution in [0.2, 0.25) is 0 Å². The maximum atomic E-state index is 14.0. The Morgan fingerprint density at radius 1 is 0.905 bits per heavy atom. The lowest BCUT2D eigenvalue weighted by atomic mass is 10.1. The Hall–Kier alpha value is -4.05. The Morgan fingerprint density at radius 3 is 2.14 bits per heavy atom. The number of amides is 2. The van der Waals surface area contributed by atoms with Crippen LogP contribution in [0, 0.1) is 6.92 Å². The van der Waals surface area contributed by atoms with Gasteiger partial charge in [0.1, 0.15) is 12.6 Å². The molecule has 3 rings (SSSR count). The zero-order valence-electron chi connectivity index (χ0n) is 25.2. The molecule has 0 saturated heterocycles. The van der Waals surface area contributed by atoms with Gasteiger partial charge < -0.3 is 19.7 Å². The minimum atomic E-state index is -4.19. The van der Waals surface area contributed by atoms with Gasteiger partial charge in [-0.25, -0.2) is 8.42 Å². The van der Waals surface area contributed by atoms with E-state index in [-0.39, 0.29) is 29.1 Å². The Kier molecular flexibility index (Phi) is 11.4. The molecule has 9 nitrogen and oxygen atoms in total. The average molecular weight is 596 g/mol. The van der Waals surface area contributed by atoms with Crippen LogP contribution in [-0.4, -0.2) is 64.5 Å². The highest BCUT2D eigenvalue weighted by atomic mass is 32.2. The number of benzene rings is 3. The van der Waals surface area contributed by atoms with Gasteiger partial charge in [0.2, 0.25) is 11.8 Å². The molecule has 0 heterocycles. The minimum absolute atomic E-state index is 0.0362. The first kappa shape index (κ1) is 32.5. The van der Waals surface area contributed by atoms with Crippen molar-refractivity contribution in [1.82, 2.24) is 10.2 Å². The molecular formula is C32H41N3O6S. The lowest BCUT2D eigenvalue weighted by molar-refractivity contribution is -0.139. The number of methoxy groups -OCH3 is 2. The van der Waals surface area contributed by atoms with Gasteiger partial charge in [-0.3, -0.25) is 13.9 Å². The molecular weight excluding hydrogens is 554 g/mol. The maximum Gasteiger partial charge on any atom is 0.264 e. The standard InChI is InChI=1S/C32H41N3O6S/c1-7-24(3)33-32(37)25(4)34(20-19-26-11-9-8-10-12-26)31(36)22-35(27-15-18-29(40-5)30(21-27)41-6)42(38,39)28-16-13-23(2)14-17-28/h8-18,21,24-25H,7,19-20,22H2,1-6H3,(H,33,37)/t24-,25+/m0/s1. The number of ether oxygens (including phenoxy) is 2. The van der Waals surface area contributed by atoms with Gasteiger partial charge in [-0.15, -0.1) is 0 Å². The molecule has 3 aromatic rings. The third-order valence-corrected chi connectivity index (χ3v) is 8.98. The predicted octanol–water partition coefficient (Wildman–Crippen LogP) is 4.58. The Balaban J connectivity index is 2.03. The van der Waals surface area contributed by atoms with E-state index < -0.39 is 28.5 Å². The van der Waals surface area contributed by atoms with Crippen LogP contribution in [0.1, 0.15) is 38.3 Å². The number of carbonyl (C=O) groups excluding carboxylic acids is 2. The highest BCUT2D eigenvalue weighted by Crippen LogP contribution is 2.34. The van der Waals surface area contributed by atoms with Gasteiger partial charge in [0.05, 0.1) is 24.8 Å². The third-order valence-electron chi connectivity index (χ3n) is 7.20. The van der Waals surface area contributed by atoms with Gasteiger partial charge in [-0.1, -0.05) is 55.0 Å². The van der Waals surface area contributed by atoms with E-state index in [1.165, 1.54) is 37.3 Å². The lowest BCUT2D eigenvalue weighted by Crippen LogP contribution is -2.53. The van der Waals surface area contributed by atoms with E-state index in [2.05, 4.69) is 5.32 Å². The van der Waals surface area contributed by atoms with Crippen LogP contribution in [0.4, 0.5) is 5.69 Å². The van der Waals surface area contributed by atoms with Crippen LogP contribution in [0.15, 0.2) is 77.7 Å². The number of hydrogen-bond donors (Lipinski definition) is 1. The first-order valence-corrected chi connectivity index (χ1v) is 15.4. The maximum absolute atomic E-state index is 14.0. The van der Waals surface area contributed by atoms with E-state index in [9.17, 15) is 18.0 Å². The first-order valence-electron chi connectivity index (χ1n) is 14.0. The van der Waals surface area contributed by atoms with Crippen LogP contribution in [-0.2, 0) is 26.0 Å². The van der Waals surface area contributed by atoms with Gasteiger partial charge in [0.15, 0.2) is 11.5 Å². The molecule has 3 aromatic carbocycles. The molecule has 2 amide bonds. The smallest absolute Gasteiger partial charge is 0.264 e. The summed E-state index contributed by atoms with van der Waals surface area (Å²) in [5.74, 6) is -0.0816. The number of hydrogen-bond acceptors (Lipinski definition) is 6. The Bertz CT molecular complexity index is 1440. The molecule has 0 aliphatic carbocycles. The molecule has 2 atom stereocenters. The van der Waals surface area contributed by atoms with E-state index in [1.807, 2.05) is 51.1 Å². The molecule has 0 radical (unpaired) electrons. The molecule has 1 N–H and O–H groups in total. The number of anilines is 1. The number of rotatable bonds is 14. The van der Waals surface area contributed by atoms with E-state index in [4.69, 9.17) is 9.47 Å². The fourth-order valence-electron chi connectivity index (χ4n) is 4.38. The van der Waals surface area contributed by atoms with Gasteiger partial charge in [-0.05, 0) is 63.4 Å². The number of carbonyl (C=O) groups is 2. The SMILES string of the molecule is CC[C@H](C)NC(=O)[C@@H](C)N(CCc1ccccc1)C(=O)CN(c1ccc(OC)c(OC)c1)S(=O)(=O)c1ccc(C)cc1. The van der Waals surface area contributed by atoms with Crippen LogP contribution >= 0.6 is 0 Å². The zero-order valence-corrected chi connectivity index (χ0v) is 26.0. The molecule has 0 saturated carbocycles. The van der Waals surface area contributed by atoms with Crippen molar-refractivity contribution in [3.8, 4) is 11.5 Å². The van der Waals surface area contributed by atoms with Crippen LogP contribution in [0.3, 0.4) is 0 Å². The van der Waals surface area contributed by atoms with Crippen LogP contribution < -0.4 is 19.1 Å². The second kappa shape index (κ2) is 14.7. The fourth-order valence-corrected chi connectivity index (χ4v) is 5.79. The molecule has 0 aromatic heterocycles. The van der Waals surface area contributed by atoms with Crippen molar-refractivity contribution in [3.63, 3.8) is 0 Å².